The van der Waals surface area contributed by atoms with Gasteiger partial charge in [-0.05, 0) is 64.5 Å². The minimum Gasteiger partial charge on any atom is -0.378 e. The number of hydrogen-bond acceptors (Lipinski definition) is 4. The third-order valence-electron chi connectivity index (χ3n) is 5.04. The summed E-state index contributed by atoms with van der Waals surface area (Å²) in [5.41, 5.74) is 8.37. The van der Waals surface area contributed by atoms with Crippen LogP contribution in [0.4, 0.5) is 11.4 Å². The molecule has 0 aliphatic heterocycles. The third kappa shape index (κ3) is 4.17. The summed E-state index contributed by atoms with van der Waals surface area (Å²) >= 11 is 0. The Kier molecular flexibility index (Phi) is 5.70. The van der Waals surface area contributed by atoms with Gasteiger partial charge in [0, 0.05) is 18.4 Å². The number of rotatable bonds is 6. The van der Waals surface area contributed by atoms with Crippen LogP contribution < -0.4 is 10.6 Å². The average molecular weight is 380 g/mol. The van der Waals surface area contributed by atoms with Gasteiger partial charge in [0.15, 0.2) is 5.65 Å². The Bertz CT molecular complexity index is 999. The highest BCUT2D eigenvalue weighted by Gasteiger charge is 2.13. The van der Waals surface area contributed by atoms with E-state index in [0.29, 0.717) is 13.1 Å². The summed E-state index contributed by atoms with van der Waals surface area (Å²) in [7, 11) is 3.76. The van der Waals surface area contributed by atoms with Crippen molar-refractivity contribution in [3.8, 4) is 0 Å². The van der Waals surface area contributed by atoms with E-state index in [1.54, 1.807) is 0 Å². The second-order valence-corrected chi connectivity index (χ2v) is 7.63. The number of amides is 1. The number of likely N-dealkylation sites (N-methyl/N-ethyl adjacent to an activating group) is 1. The van der Waals surface area contributed by atoms with Gasteiger partial charge in [0.05, 0.1) is 23.6 Å². The molecule has 2 aromatic heterocycles. The number of carbonyl (C=O) groups is 1. The first-order valence-electron chi connectivity index (χ1n) is 9.49. The summed E-state index contributed by atoms with van der Waals surface area (Å²) in [5, 5.41) is 6.53. The predicted octanol–water partition coefficient (Wildman–Crippen LogP) is 3.68. The lowest BCUT2D eigenvalue weighted by molar-refractivity contribution is -0.116. The SMILES string of the molecule is Cc1cccc(C)c1CNc1cc(NC(=O)CN(C)C)cn2c(C)c(C)nc12. The van der Waals surface area contributed by atoms with Crippen LogP contribution in [0.15, 0.2) is 30.5 Å². The second kappa shape index (κ2) is 8.02. The van der Waals surface area contributed by atoms with Gasteiger partial charge in [-0.1, -0.05) is 18.2 Å². The molecule has 148 valence electrons. The molecule has 3 rings (SSSR count). The maximum Gasteiger partial charge on any atom is 0.238 e. The quantitative estimate of drug-likeness (QED) is 0.686. The van der Waals surface area contributed by atoms with Gasteiger partial charge in [-0.15, -0.1) is 0 Å². The number of nitrogens with zero attached hydrogens (tertiary/aromatic N) is 3. The van der Waals surface area contributed by atoms with Crippen LogP contribution in [0.3, 0.4) is 0 Å². The molecule has 0 unspecified atom stereocenters. The number of pyridine rings is 1. The molecule has 0 bridgehead atoms. The summed E-state index contributed by atoms with van der Waals surface area (Å²) in [4.78, 5) is 18.8. The zero-order valence-corrected chi connectivity index (χ0v) is 17.6. The third-order valence-corrected chi connectivity index (χ3v) is 5.04. The van der Waals surface area contributed by atoms with E-state index in [4.69, 9.17) is 4.98 Å². The summed E-state index contributed by atoms with van der Waals surface area (Å²) < 4.78 is 2.04. The Labute approximate surface area is 166 Å². The van der Waals surface area contributed by atoms with Crippen LogP contribution in [-0.2, 0) is 11.3 Å². The topological polar surface area (TPSA) is 61.7 Å². The number of anilines is 2. The zero-order chi connectivity index (χ0) is 20.4. The molecular formula is C22H29N5O. The molecule has 6 nitrogen and oxygen atoms in total. The van der Waals surface area contributed by atoms with E-state index in [-0.39, 0.29) is 5.91 Å². The summed E-state index contributed by atoms with van der Waals surface area (Å²) in [5.74, 6) is -0.0421. The molecule has 0 spiro atoms. The molecule has 2 heterocycles. The fourth-order valence-electron chi connectivity index (χ4n) is 3.37. The Morgan fingerprint density at radius 1 is 1.14 bits per heavy atom. The van der Waals surface area contributed by atoms with Gasteiger partial charge in [-0.2, -0.15) is 0 Å². The second-order valence-electron chi connectivity index (χ2n) is 7.63. The molecule has 28 heavy (non-hydrogen) atoms. The van der Waals surface area contributed by atoms with Crippen LogP contribution >= 0.6 is 0 Å². The lowest BCUT2D eigenvalue weighted by Crippen LogP contribution is -2.27. The maximum atomic E-state index is 12.2. The summed E-state index contributed by atoms with van der Waals surface area (Å²) in [6.45, 7) is 9.33. The highest BCUT2D eigenvalue weighted by Crippen LogP contribution is 2.26. The number of fused-ring (bicyclic) bond motifs is 1. The Morgan fingerprint density at radius 2 is 1.82 bits per heavy atom. The number of aromatic nitrogens is 2. The highest BCUT2D eigenvalue weighted by molar-refractivity contribution is 5.93. The van der Waals surface area contributed by atoms with Gasteiger partial charge in [0.2, 0.25) is 5.91 Å². The molecule has 0 saturated heterocycles. The largest absolute Gasteiger partial charge is 0.378 e. The van der Waals surface area contributed by atoms with Gasteiger partial charge in [0.25, 0.3) is 0 Å². The fourth-order valence-corrected chi connectivity index (χ4v) is 3.37. The Morgan fingerprint density at radius 3 is 2.46 bits per heavy atom. The molecular weight excluding hydrogens is 350 g/mol. The van der Waals surface area contributed by atoms with Crippen molar-refractivity contribution in [2.75, 3.05) is 31.3 Å². The number of imidazole rings is 1. The van der Waals surface area contributed by atoms with Gasteiger partial charge < -0.3 is 19.9 Å². The van der Waals surface area contributed by atoms with Gasteiger partial charge >= 0.3 is 0 Å². The lowest BCUT2D eigenvalue weighted by Gasteiger charge is -2.15. The monoisotopic (exact) mass is 379 g/mol. The van der Waals surface area contributed by atoms with Crippen molar-refractivity contribution in [1.29, 1.82) is 0 Å². The van der Waals surface area contributed by atoms with Crippen molar-refractivity contribution in [2.24, 2.45) is 0 Å². The molecule has 0 aliphatic rings. The van der Waals surface area contributed by atoms with E-state index < -0.39 is 0 Å². The van der Waals surface area contributed by atoms with Gasteiger partial charge in [-0.25, -0.2) is 4.98 Å². The van der Waals surface area contributed by atoms with E-state index in [0.717, 1.165) is 28.4 Å². The molecule has 0 fully saturated rings. The first kappa shape index (κ1) is 19.9. The molecule has 2 N–H and O–H groups in total. The Hall–Kier alpha value is -2.86. The number of carbonyl (C=O) groups excluding carboxylic acids is 1. The molecule has 0 saturated carbocycles. The summed E-state index contributed by atoms with van der Waals surface area (Å²) in [6, 6.07) is 8.29. The highest BCUT2D eigenvalue weighted by atomic mass is 16.2. The first-order chi connectivity index (χ1) is 13.3. The van der Waals surface area contributed by atoms with Crippen molar-refractivity contribution in [1.82, 2.24) is 14.3 Å². The minimum atomic E-state index is -0.0421. The van der Waals surface area contributed by atoms with Gasteiger partial charge in [0.1, 0.15) is 0 Å². The van der Waals surface area contributed by atoms with Crippen molar-refractivity contribution in [3.63, 3.8) is 0 Å². The van der Waals surface area contributed by atoms with Crippen LogP contribution in [0.1, 0.15) is 28.1 Å². The van der Waals surface area contributed by atoms with Crippen LogP contribution in [-0.4, -0.2) is 40.8 Å². The molecule has 1 amide bonds. The zero-order valence-electron chi connectivity index (χ0n) is 17.6. The van der Waals surface area contributed by atoms with Gasteiger partial charge in [-0.3, -0.25) is 4.79 Å². The number of hydrogen-bond donors (Lipinski definition) is 2. The standard InChI is InChI=1S/C22H29N5O/c1-14-8-7-9-15(2)19(14)11-23-20-10-18(25-21(28)13-26(5)6)12-27-17(4)16(3)24-22(20)27/h7-10,12,23H,11,13H2,1-6H3,(H,25,28). The van der Waals surface area contributed by atoms with Crippen LogP contribution in [0.2, 0.25) is 0 Å². The van der Waals surface area contributed by atoms with E-state index in [1.807, 2.05) is 49.5 Å². The lowest BCUT2D eigenvalue weighted by atomic mass is 10.0. The van der Waals surface area contributed by atoms with E-state index in [1.165, 1.54) is 16.7 Å². The van der Waals surface area contributed by atoms with Crippen LogP contribution in [0.5, 0.6) is 0 Å². The maximum absolute atomic E-state index is 12.2. The Balaban J connectivity index is 1.95. The van der Waals surface area contributed by atoms with Crippen molar-refractivity contribution in [3.05, 3.63) is 58.5 Å². The van der Waals surface area contributed by atoms with Crippen LogP contribution in [0, 0.1) is 27.7 Å². The molecule has 0 radical (unpaired) electrons. The van der Waals surface area contributed by atoms with Crippen LogP contribution in [0.25, 0.3) is 5.65 Å². The molecule has 1 aromatic carbocycles. The number of aryl methyl sites for hydroxylation is 4. The van der Waals surface area contributed by atoms with E-state index in [2.05, 4.69) is 42.7 Å². The van der Waals surface area contributed by atoms with Crippen molar-refractivity contribution < 1.29 is 4.79 Å². The first-order valence-corrected chi connectivity index (χ1v) is 9.49. The number of nitrogens with one attached hydrogen (secondary N) is 2. The average Bonchev–Trinajstić information content (AvgIpc) is 2.89. The number of benzene rings is 1. The molecule has 3 aromatic rings. The molecule has 6 heteroatoms. The molecule has 0 aliphatic carbocycles. The molecule has 0 atom stereocenters. The minimum absolute atomic E-state index is 0.0421. The van der Waals surface area contributed by atoms with Crippen molar-refractivity contribution in [2.45, 2.75) is 34.2 Å². The van der Waals surface area contributed by atoms with Crippen molar-refractivity contribution >= 4 is 22.9 Å². The van der Waals surface area contributed by atoms with E-state index in [9.17, 15) is 4.79 Å². The smallest absolute Gasteiger partial charge is 0.238 e. The fraction of sp³-hybridized carbons (Fsp3) is 0.364. The normalized spacial score (nSPS) is 11.2. The summed E-state index contributed by atoms with van der Waals surface area (Å²) in [6.07, 6.45) is 1.93. The van der Waals surface area contributed by atoms with E-state index >= 15 is 0 Å². The predicted molar refractivity (Wildman–Crippen MR) is 115 cm³/mol.